The first kappa shape index (κ1) is 14.5. The SMILES string of the molecule is C=CCNc1cc(C)nc(Nc2ccc(Br)cc2C)n1. The van der Waals surface area contributed by atoms with Gasteiger partial charge in [0, 0.05) is 28.5 Å². The van der Waals surface area contributed by atoms with Crippen LogP contribution in [0.3, 0.4) is 0 Å². The molecule has 0 saturated heterocycles. The zero-order valence-corrected chi connectivity index (χ0v) is 13.2. The van der Waals surface area contributed by atoms with Gasteiger partial charge in [0.15, 0.2) is 0 Å². The quantitative estimate of drug-likeness (QED) is 0.805. The average molecular weight is 333 g/mol. The first-order chi connectivity index (χ1) is 9.58. The number of anilines is 3. The Labute approximate surface area is 127 Å². The van der Waals surface area contributed by atoms with Gasteiger partial charge in [-0.3, -0.25) is 0 Å². The van der Waals surface area contributed by atoms with Crippen LogP contribution in [-0.2, 0) is 0 Å². The molecule has 0 aliphatic rings. The lowest BCUT2D eigenvalue weighted by Gasteiger charge is -2.11. The van der Waals surface area contributed by atoms with E-state index in [1.807, 2.05) is 32.0 Å². The molecule has 5 heteroatoms. The Morgan fingerprint density at radius 2 is 2.05 bits per heavy atom. The smallest absolute Gasteiger partial charge is 0.229 e. The lowest BCUT2D eigenvalue weighted by atomic mass is 10.2. The summed E-state index contributed by atoms with van der Waals surface area (Å²) in [6.07, 6.45) is 1.80. The summed E-state index contributed by atoms with van der Waals surface area (Å²) in [6.45, 7) is 8.34. The molecule has 0 aliphatic carbocycles. The first-order valence-electron chi connectivity index (χ1n) is 6.32. The molecule has 1 aromatic heterocycles. The van der Waals surface area contributed by atoms with Gasteiger partial charge in [0.05, 0.1) is 0 Å². The first-order valence-corrected chi connectivity index (χ1v) is 7.11. The molecule has 0 fully saturated rings. The van der Waals surface area contributed by atoms with Crippen LogP contribution in [-0.4, -0.2) is 16.5 Å². The maximum Gasteiger partial charge on any atom is 0.229 e. The maximum absolute atomic E-state index is 4.44. The lowest BCUT2D eigenvalue weighted by molar-refractivity contribution is 1.09. The molecule has 2 N–H and O–H groups in total. The van der Waals surface area contributed by atoms with Crippen LogP contribution < -0.4 is 10.6 Å². The van der Waals surface area contributed by atoms with Crippen LogP contribution in [0.4, 0.5) is 17.5 Å². The van der Waals surface area contributed by atoms with Gasteiger partial charge >= 0.3 is 0 Å². The minimum atomic E-state index is 0.585. The minimum absolute atomic E-state index is 0.585. The van der Waals surface area contributed by atoms with Gasteiger partial charge in [-0.15, -0.1) is 6.58 Å². The summed E-state index contributed by atoms with van der Waals surface area (Å²) in [5.74, 6) is 1.37. The monoisotopic (exact) mass is 332 g/mol. The Bertz CT molecular complexity index is 625. The molecule has 104 valence electrons. The predicted molar refractivity (Wildman–Crippen MR) is 87.6 cm³/mol. The highest BCUT2D eigenvalue weighted by atomic mass is 79.9. The van der Waals surface area contributed by atoms with E-state index in [-0.39, 0.29) is 0 Å². The molecule has 2 aromatic rings. The molecule has 0 bridgehead atoms. The number of nitrogens with one attached hydrogen (secondary N) is 2. The number of hydrogen-bond acceptors (Lipinski definition) is 4. The topological polar surface area (TPSA) is 49.8 Å². The molecule has 20 heavy (non-hydrogen) atoms. The van der Waals surface area contributed by atoms with E-state index >= 15 is 0 Å². The van der Waals surface area contributed by atoms with Gasteiger partial charge in [0.25, 0.3) is 0 Å². The fourth-order valence-corrected chi connectivity index (χ4v) is 2.26. The van der Waals surface area contributed by atoms with Crippen LogP contribution in [0.25, 0.3) is 0 Å². The fourth-order valence-electron chi connectivity index (χ4n) is 1.78. The number of halogens is 1. The molecule has 0 amide bonds. The van der Waals surface area contributed by atoms with Crippen molar-refractivity contribution in [2.45, 2.75) is 13.8 Å². The molecular weight excluding hydrogens is 316 g/mol. The van der Waals surface area contributed by atoms with Crippen molar-refractivity contribution in [1.29, 1.82) is 0 Å². The number of nitrogens with zero attached hydrogens (tertiary/aromatic N) is 2. The van der Waals surface area contributed by atoms with Crippen molar-refractivity contribution in [2.24, 2.45) is 0 Å². The highest BCUT2D eigenvalue weighted by molar-refractivity contribution is 9.10. The van der Waals surface area contributed by atoms with E-state index in [1.54, 1.807) is 6.08 Å². The van der Waals surface area contributed by atoms with Crippen molar-refractivity contribution < 1.29 is 0 Å². The van der Waals surface area contributed by atoms with Gasteiger partial charge in [-0.1, -0.05) is 22.0 Å². The molecule has 0 atom stereocenters. The second kappa shape index (κ2) is 6.52. The summed E-state index contributed by atoms with van der Waals surface area (Å²) in [5, 5.41) is 6.42. The number of benzene rings is 1. The zero-order valence-electron chi connectivity index (χ0n) is 11.6. The van der Waals surface area contributed by atoms with Gasteiger partial charge in [-0.05, 0) is 37.6 Å². The molecule has 0 saturated carbocycles. The molecule has 0 radical (unpaired) electrons. The van der Waals surface area contributed by atoms with E-state index in [1.165, 1.54) is 0 Å². The molecule has 2 rings (SSSR count). The molecular formula is C15H17BrN4. The van der Waals surface area contributed by atoms with Gasteiger partial charge < -0.3 is 10.6 Å². The largest absolute Gasteiger partial charge is 0.366 e. The Hall–Kier alpha value is -1.88. The third kappa shape index (κ3) is 3.81. The number of aryl methyl sites for hydroxylation is 2. The highest BCUT2D eigenvalue weighted by Gasteiger charge is 2.04. The van der Waals surface area contributed by atoms with Gasteiger partial charge in [-0.25, -0.2) is 4.98 Å². The number of hydrogen-bond donors (Lipinski definition) is 2. The summed E-state index contributed by atoms with van der Waals surface area (Å²) in [4.78, 5) is 8.84. The van der Waals surface area contributed by atoms with E-state index in [4.69, 9.17) is 0 Å². The van der Waals surface area contributed by atoms with Crippen LogP contribution in [0, 0.1) is 13.8 Å². The normalized spacial score (nSPS) is 10.2. The number of aromatic nitrogens is 2. The second-order valence-electron chi connectivity index (χ2n) is 4.47. The summed E-state index contributed by atoms with van der Waals surface area (Å²) < 4.78 is 1.05. The molecule has 0 unspecified atom stereocenters. The number of rotatable bonds is 5. The standard InChI is InChI=1S/C15H17BrN4/c1-4-7-17-14-9-11(3)18-15(20-14)19-13-6-5-12(16)8-10(13)2/h4-6,8-9H,1,7H2,2-3H3,(H2,17,18,19,20). The van der Waals surface area contributed by atoms with Gasteiger partial charge in [0.1, 0.15) is 5.82 Å². The van der Waals surface area contributed by atoms with Crippen molar-refractivity contribution in [3.05, 3.63) is 52.7 Å². The summed E-state index contributed by atoms with van der Waals surface area (Å²) in [7, 11) is 0. The molecule has 1 aromatic carbocycles. The van der Waals surface area contributed by atoms with E-state index in [0.29, 0.717) is 12.5 Å². The molecule has 1 heterocycles. The lowest BCUT2D eigenvalue weighted by Crippen LogP contribution is -2.05. The summed E-state index contributed by atoms with van der Waals surface area (Å²) in [5.41, 5.74) is 3.03. The third-order valence-corrected chi connectivity index (χ3v) is 3.21. The van der Waals surface area contributed by atoms with Crippen molar-refractivity contribution >= 4 is 33.4 Å². The van der Waals surface area contributed by atoms with Crippen molar-refractivity contribution in [3.8, 4) is 0 Å². The van der Waals surface area contributed by atoms with Crippen LogP contribution >= 0.6 is 15.9 Å². The predicted octanol–water partition coefficient (Wildman–Crippen LogP) is 4.20. The Balaban J connectivity index is 2.23. The Morgan fingerprint density at radius 1 is 1.25 bits per heavy atom. The minimum Gasteiger partial charge on any atom is -0.366 e. The highest BCUT2D eigenvalue weighted by Crippen LogP contribution is 2.23. The van der Waals surface area contributed by atoms with E-state index in [0.717, 1.165) is 27.2 Å². The van der Waals surface area contributed by atoms with Crippen molar-refractivity contribution in [2.75, 3.05) is 17.2 Å². The van der Waals surface area contributed by atoms with Crippen LogP contribution in [0.15, 0.2) is 41.4 Å². The van der Waals surface area contributed by atoms with E-state index < -0.39 is 0 Å². The summed E-state index contributed by atoms with van der Waals surface area (Å²) in [6, 6.07) is 7.95. The van der Waals surface area contributed by atoms with Crippen LogP contribution in [0.2, 0.25) is 0 Å². The van der Waals surface area contributed by atoms with Crippen molar-refractivity contribution in [3.63, 3.8) is 0 Å². The average Bonchev–Trinajstić information content (AvgIpc) is 2.39. The second-order valence-corrected chi connectivity index (χ2v) is 5.39. The van der Waals surface area contributed by atoms with Crippen LogP contribution in [0.5, 0.6) is 0 Å². The van der Waals surface area contributed by atoms with E-state index in [2.05, 4.69) is 49.2 Å². The maximum atomic E-state index is 4.44. The third-order valence-electron chi connectivity index (χ3n) is 2.72. The van der Waals surface area contributed by atoms with E-state index in [9.17, 15) is 0 Å². The van der Waals surface area contributed by atoms with Crippen LogP contribution in [0.1, 0.15) is 11.3 Å². The molecule has 0 aliphatic heterocycles. The Morgan fingerprint density at radius 3 is 2.75 bits per heavy atom. The Kier molecular flexibility index (Phi) is 4.74. The molecule has 4 nitrogen and oxygen atoms in total. The van der Waals surface area contributed by atoms with Crippen molar-refractivity contribution in [1.82, 2.24) is 9.97 Å². The fraction of sp³-hybridized carbons (Fsp3) is 0.200. The van der Waals surface area contributed by atoms with Gasteiger partial charge in [-0.2, -0.15) is 4.98 Å². The van der Waals surface area contributed by atoms with Gasteiger partial charge in [0.2, 0.25) is 5.95 Å². The molecule has 0 spiro atoms. The zero-order chi connectivity index (χ0) is 14.5. The summed E-state index contributed by atoms with van der Waals surface area (Å²) >= 11 is 3.45.